The maximum atomic E-state index is 12.1. The lowest BCUT2D eigenvalue weighted by Crippen LogP contribution is -2.17. The molecule has 0 radical (unpaired) electrons. The van der Waals surface area contributed by atoms with Crippen molar-refractivity contribution in [3.05, 3.63) is 65.7 Å². The van der Waals surface area contributed by atoms with Gasteiger partial charge in [0.05, 0.1) is 12.3 Å². The largest absolute Gasteiger partial charge is 0.441 e. The second-order valence-electron chi connectivity index (χ2n) is 5.58. The summed E-state index contributed by atoms with van der Waals surface area (Å²) in [6, 6.07) is 15.9. The molecule has 0 N–H and O–H groups in total. The fourth-order valence-electron chi connectivity index (χ4n) is 1.96. The van der Waals surface area contributed by atoms with Crippen LogP contribution in [0, 0.1) is 5.92 Å². The van der Waals surface area contributed by atoms with Crippen LogP contribution in [0.4, 0.5) is 0 Å². The Morgan fingerprint density at radius 2 is 1.62 bits per heavy atom. The Hall–Kier alpha value is -2.33. The third-order valence-electron chi connectivity index (χ3n) is 3.29. The van der Waals surface area contributed by atoms with Gasteiger partial charge in [0, 0.05) is 11.1 Å². The molecule has 2 aromatic carbocycles. The van der Waals surface area contributed by atoms with Crippen molar-refractivity contribution in [2.75, 3.05) is 0 Å². The minimum Gasteiger partial charge on any atom is -0.441 e. The van der Waals surface area contributed by atoms with Crippen LogP contribution in [0.3, 0.4) is 0 Å². The molecule has 1 unspecified atom stereocenters. The van der Waals surface area contributed by atoms with Crippen molar-refractivity contribution in [1.82, 2.24) is 0 Å². The quantitative estimate of drug-likeness (QED) is 0.445. The molecule has 0 fully saturated rings. The van der Waals surface area contributed by atoms with Crippen molar-refractivity contribution in [3.8, 4) is 5.75 Å². The Balaban J connectivity index is 2.02. The smallest absolute Gasteiger partial charge is 0.313 e. The molecule has 0 heterocycles. The predicted octanol–water partition coefficient (Wildman–Crippen LogP) is 4.27. The molecule has 1 atom stereocenters. The third kappa shape index (κ3) is 5.10. The van der Waals surface area contributed by atoms with E-state index in [9.17, 15) is 9.59 Å². The topological polar surface area (TPSA) is 52.6 Å². The first-order chi connectivity index (χ1) is 11.5. The van der Waals surface area contributed by atoms with Gasteiger partial charge in [-0.2, -0.15) is 0 Å². The molecule has 0 saturated heterocycles. The number of rotatable bonds is 6. The minimum atomic E-state index is -0.857. The van der Waals surface area contributed by atoms with Crippen LogP contribution in [0.5, 0.6) is 5.75 Å². The Bertz CT molecular complexity index is 698. The molecule has 0 amide bonds. The van der Waals surface area contributed by atoms with Crippen LogP contribution in [0.15, 0.2) is 54.6 Å². The molecule has 0 aromatic heterocycles. The third-order valence-corrected chi connectivity index (χ3v) is 3.63. The maximum Gasteiger partial charge on any atom is 0.313 e. The number of para-hydroxylation sites is 1. The monoisotopic (exact) mass is 346 g/mol. The summed E-state index contributed by atoms with van der Waals surface area (Å²) in [7, 11) is 0. The standard InChI is InChI=1S/C19H19ClO4/c1-13(2)19(22)23-16-11-7-6-10-15(16)12-17(21)24-18(20)14-8-4-3-5-9-14/h3-11,13,18H,12H2,1-2H3. The molecule has 5 heteroatoms. The lowest BCUT2D eigenvalue weighted by Gasteiger charge is -2.13. The molecule has 0 saturated carbocycles. The van der Waals surface area contributed by atoms with E-state index in [0.29, 0.717) is 16.9 Å². The zero-order valence-electron chi connectivity index (χ0n) is 13.6. The van der Waals surface area contributed by atoms with Gasteiger partial charge < -0.3 is 9.47 Å². The molecule has 4 nitrogen and oxygen atoms in total. The molecule has 24 heavy (non-hydrogen) atoms. The molecule has 0 spiro atoms. The number of carbonyl (C=O) groups excluding carboxylic acids is 2. The Labute approximate surface area is 146 Å². The van der Waals surface area contributed by atoms with Gasteiger partial charge >= 0.3 is 11.9 Å². The highest BCUT2D eigenvalue weighted by atomic mass is 35.5. The van der Waals surface area contributed by atoms with Gasteiger partial charge in [-0.05, 0) is 6.07 Å². The highest BCUT2D eigenvalue weighted by Gasteiger charge is 2.17. The zero-order valence-corrected chi connectivity index (χ0v) is 14.3. The van der Waals surface area contributed by atoms with Crippen molar-refractivity contribution >= 4 is 23.5 Å². The van der Waals surface area contributed by atoms with E-state index in [1.54, 1.807) is 50.2 Å². The minimum absolute atomic E-state index is 0.0302. The zero-order chi connectivity index (χ0) is 17.5. The molecule has 2 aromatic rings. The predicted molar refractivity (Wildman–Crippen MR) is 91.7 cm³/mol. The summed E-state index contributed by atoms with van der Waals surface area (Å²) in [5.41, 5.74) is 0.421. The van der Waals surface area contributed by atoms with Crippen molar-refractivity contribution in [2.45, 2.75) is 25.8 Å². The number of halogens is 1. The first kappa shape index (κ1) is 18.0. The number of carbonyl (C=O) groups is 2. The number of benzene rings is 2. The van der Waals surface area contributed by atoms with Crippen molar-refractivity contribution in [2.24, 2.45) is 5.92 Å². The van der Waals surface area contributed by atoms with Gasteiger partial charge in [0.25, 0.3) is 0 Å². The normalized spacial score (nSPS) is 11.8. The van der Waals surface area contributed by atoms with Gasteiger partial charge in [0.2, 0.25) is 5.56 Å². The van der Waals surface area contributed by atoms with Gasteiger partial charge in [0.1, 0.15) is 5.75 Å². The van der Waals surface area contributed by atoms with Gasteiger partial charge in [-0.15, -0.1) is 0 Å². The van der Waals surface area contributed by atoms with Gasteiger partial charge in [-0.25, -0.2) is 0 Å². The van der Waals surface area contributed by atoms with Crippen LogP contribution in [0.2, 0.25) is 0 Å². The molecule has 0 bridgehead atoms. The summed E-state index contributed by atoms with van der Waals surface area (Å²) in [5.74, 6) is -0.739. The number of hydrogen-bond acceptors (Lipinski definition) is 4. The second-order valence-corrected chi connectivity index (χ2v) is 5.97. The number of esters is 2. The molecular weight excluding hydrogens is 328 g/mol. The summed E-state index contributed by atoms with van der Waals surface area (Å²) in [4.78, 5) is 23.9. The van der Waals surface area contributed by atoms with E-state index in [4.69, 9.17) is 21.1 Å². The van der Waals surface area contributed by atoms with E-state index in [1.165, 1.54) is 0 Å². The average molecular weight is 347 g/mol. The Kier molecular flexibility index (Phi) is 6.38. The van der Waals surface area contributed by atoms with Crippen LogP contribution >= 0.6 is 11.6 Å². The van der Waals surface area contributed by atoms with Crippen LogP contribution in [0.25, 0.3) is 0 Å². The summed E-state index contributed by atoms with van der Waals surface area (Å²) in [6.45, 7) is 3.49. The highest BCUT2D eigenvalue weighted by molar-refractivity contribution is 6.20. The Morgan fingerprint density at radius 1 is 1.00 bits per heavy atom. The SMILES string of the molecule is CC(C)C(=O)Oc1ccccc1CC(=O)OC(Cl)c1ccccc1. The Morgan fingerprint density at radius 3 is 2.29 bits per heavy atom. The first-order valence-corrected chi connectivity index (χ1v) is 8.09. The molecule has 0 aliphatic carbocycles. The second kappa shape index (κ2) is 8.50. The van der Waals surface area contributed by atoms with Crippen LogP contribution in [0.1, 0.15) is 30.5 Å². The van der Waals surface area contributed by atoms with Crippen LogP contribution in [-0.2, 0) is 20.7 Å². The molecule has 126 valence electrons. The maximum absolute atomic E-state index is 12.1. The van der Waals surface area contributed by atoms with Crippen molar-refractivity contribution in [3.63, 3.8) is 0 Å². The van der Waals surface area contributed by atoms with E-state index in [0.717, 1.165) is 0 Å². The molecule has 0 aliphatic rings. The van der Waals surface area contributed by atoms with Crippen molar-refractivity contribution in [1.29, 1.82) is 0 Å². The fourth-order valence-corrected chi connectivity index (χ4v) is 2.21. The van der Waals surface area contributed by atoms with Crippen molar-refractivity contribution < 1.29 is 19.1 Å². The average Bonchev–Trinajstić information content (AvgIpc) is 2.57. The van der Waals surface area contributed by atoms with E-state index in [1.807, 2.05) is 18.2 Å². The number of hydrogen-bond donors (Lipinski definition) is 0. The fraction of sp³-hybridized carbons (Fsp3) is 0.263. The lowest BCUT2D eigenvalue weighted by atomic mass is 10.1. The molecule has 2 rings (SSSR count). The van der Waals surface area contributed by atoms with E-state index in [2.05, 4.69) is 0 Å². The molecular formula is C19H19ClO4. The van der Waals surface area contributed by atoms with E-state index >= 15 is 0 Å². The van der Waals surface area contributed by atoms with Crippen LogP contribution < -0.4 is 4.74 Å². The van der Waals surface area contributed by atoms with E-state index in [-0.39, 0.29) is 18.3 Å². The van der Waals surface area contributed by atoms with Gasteiger partial charge in [0.15, 0.2) is 0 Å². The highest BCUT2D eigenvalue weighted by Crippen LogP contribution is 2.24. The van der Waals surface area contributed by atoms with Gasteiger partial charge in [-0.3, -0.25) is 9.59 Å². The van der Waals surface area contributed by atoms with Crippen LogP contribution in [-0.4, -0.2) is 11.9 Å². The van der Waals surface area contributed by atoms with E-state index < -0.39 is 11.5 Å². The summed E-state index contributed by atoms with van der Waals surface area (Å²) in [5, 5.41) is 0. The number of ether oxygens (including phenoxy) is 2. The first-order valence-electron chi connectivity index (χ1n) is 7.65. The molecule has 0 aliphatic heterocycles. The van der Waals surface area contributed by atoms with Gasteiger partial charge in [-0.1, -0.05) is 74.0 Å². The summed E-state index contributed by atoms with van der Waals surface area (Å²) >= 11 is 6.10. The summed E-state index contributed by atoms with van der Waals surface area (Å²) < 4.78 is 10.6. The lowest BCUT2D eigenvalue weighted by molar-refractivity contribution is -0.145. The summed E-state index contributed by atoms with van der Waals surface area (Å²) in [6.07, 6.45) is -0.0302. The number of alkyl halides is 1.